The Balaban J connectivity index is 1.38. The number of benzene rings is 2. The molecule has 1 saturated heterocycles. The molecule has 1 fully saturated rings. The topological polar surface area (TPSA) is 89.7 Å². The van der Waals surface area contributed by atoms with Gasteiger partial charge in [0, 0.05) is 19.2 Å². The third kappa shape index (κ3) is 4.18. The normalized spacial score (nSPS) is 16.2. The van der Waals surface area contributed by atoms with Crippen LogP contribution in [0, 0.1) is 12.8 Å². The fourth-order valence-electron chi connectivity index (χ4n) is 3.56. The molecule has 1 aliphatic heterocycles. The summed E-state index contributed by atoms with van der Waals surface area (Å²) in [7, 11) is -3.60. The van der Waals surface area contributed by atoms with Crippen LogP contribution in [0.3, 0.4) is 0 Å². The summed E-state index contributed by atoms with van der Waals surface area (Å²) in [6.07, 6.45) is 0.868. The Morgan fingerprint density at radius 3 is 2.55 bits per heavy atom. The molecule has 2 aromatic carbocycles. The second kappa shape index (κ2) is 7.96. The molecule has 0 aliphatic carbocycles. The number of carbonyl (C=O) groups excluding carboxylic acids is 1. The van der Waals surface area contributed by atoms with Gasteiger partial charge in [0.2, 0.25) is 10.0 Å². The van der Waals surface area contributed by atoms with Gasteiger partial charge in [-0.05, 0) is 42.7 Å². The zero-order valence-corrected chi connectivity index (χ0v) is 16.9. The van der Waals surface area contributed by atoms with Gasteiger partial charge in [-0.1, -0.05) is 35.5 Å². The van der Waals surface area contributed by atoms with Crippen molar-refractivity contribution < 1.29 is 22.5 Å². The van der Waals surface area contributed by atoms with E-state index < -0.39 is 10.0 Å². The molecule has 8 heteroatoms. The van der Waals surface area contributed by atoms with Crippen LogP contribution >= 0.6 is 0 Å². The number of nitrogens with zero attached hydrogens (tertiary/aromatic N) is 2. The maximum absolute atomic E-state index is 13.0. The van der Waals surface area contributed by atoms with Gasteiger partial charge in [0.25, 0.3) is 0 Å². The minimum atomic E-state index is -3.60. The third-order valence-electron chi connectivity index (χ3n) is 5.19. The lowest BCUT2D eigenvalue weighted by Gasteiger charge is -2.30. The van der Waals surface area contributed by atoms with E-state index in [1.54, 1.807) is 25.1 Å². The van der Waals surface area contributed by atoms with Gasteiger partial charge in [-0.2, -0.15) is 4.31 Å². The highest BCUT2D eigenvalue weighted by Gasteiger charge is 2.33. The predicted octanol–water partition coefficient (Wildman–Crippen LogP) is 3.28. The molecule has 4 rings (SSSR count). The van der Waals surface area contributed by atoms with E-state index in [-0.39, 0.29) is 36.5 Å². The molecule has 152 valence electrons. The largest absolute Gasteiger partial charge is 0.459 e. The molecule has 0 spiro atoms. The number of ether oxygens (including phenoxy) is 1. The summed E-state index contributed by atoms with van der Waals surface area (Å²) in [5, 5.41) is 5.67. The number of aromatic nitrogens is 1. The molecule has 0 N–H and O–H groups in total. The van der Waals surface area contributed by atoms with E-state index in [1.165, 1.54) is 4.31 Å². The zero-order chi connectivity index (χ0) is 20.4. The highest BCUT2D eigenvalue weighted by Crippen LogP contribution is 2.27. The molecule has 0 saturated carbocycles. The second-order valence-electron chi connectivity index (χ2n) is 7.22. The van der Waals surface area contributed by atoms with E-state index in [2.05, 4.69) is 5.16 Å². The lowest BCUT2D eigenvalue weighted by Crippen LogP contribution is -2.40. The first-order chi connectivity index (χ1) is 13.9. The molecule has 1 aromatic heterocycles. The quantitative estimate of drug-likeness (QED) is 0.595. The first-order valence-corrected chi connectivity index (χ1v) is 11.0. The third-order valence-corrected chi connectivity index (χ3v) is 7.08. The molecular formula is C21H22N2O5S. The van der Waals surface area contributed by atoms with E-state index >= 15 is 0 Å². The fraction of sp³-hybridized carbons (Fsp3) is 0.333. The maximum atomic E-state index is 13.0. The lowest BCUT2D eigenvalue weighted by molar-refractivity contribution is -0.151. The number of sulfonamides is 1. The number of esters is 1. The zero-order valence-electron chi connectivity index (χ0n) is 16.1. The van der Waals surface area contributed by atoms with E-state index in [4.69, 9.17) is 9.26 Å². The molecular weight excluding hydrogens is 392 g/mol. The van der Waals surface area contributed by atoms with Crippen LogP contribution in [0.5, 0.6) is 0 Å². The van der Waals surface area contributed by atoms with Crippen molar-refractivity contribution in [1.82, 2.24) is 9.46 Å². The van der Waals surface area contributed by atoms with Crippen LogP contribution in [-0.4, -0.2) is 36.9 Å². The molecule has 1 aliphatic rings. The van der Waals surface area contributed by atoms with Crippen LogP contribution in [0.25, 0.3) is 10.8 Å². The van der Waals surface area contributed by atoms with Gasteiger partial charge in [0.05, 0.1) is 10.8 Å². The van der Waals surface area contributed by atoms with Crippen molar-refractivity contribution in [1.29, 1.82) is 0 Å². The van der Waals surface area contributed by atoms with E-state index in [0.717, 1.165) is 10.8 Å². The summed E-state index contributed by atoms with van der Waals surface area (Å²) in [5.74, 6) is 0.0164. The number of fused-ring (bicyclic) bond motifs is 1. The summed E-state index contributed by atoms with van der Waals surface area (Å²) in [6, 6.07) is 14.5. The molecule has 29 heavy (non-hydrogen) atoms. The number of aryl methyl sites for hydroxylation is 1. The van der Waals surface area contributed by atoms with Gasteiger partial charge < -0.3 is 9.26 Å². The Kier molecular flexibility index (Phi) is 5.38. The Morgan fingerprint density at radius 1 is 1.14 bits per heavy atom. The van der Waals surface area contributed by atoms with E-state index in [0.29, 0.717) is 24.3 Å². The van der Waals surface area contributed by atoms with Crippen LogP contribution in [0.4, 0.5) is 0 Å². The SMILES string of the molecule is Cc1cc(COC(=O)C2CCN(S(=O)(=O)c3ccc4ccccc4c3)CC2)no1. The molecule has 0 amide bonds. The Bertz CT molecular complexity index is 1130. The van der Waals surface area contributed by atoms with Crippen molar-refractivity contribution in [3.8, 4) is 0 Å². The minimum Gasteiger partial charge on any atom is -0.459 e. The van der Waals surface area contributed by atoms with Crippen molar-refractivity contribution in [2.75, 3.05) is 13.1 Å². The average molecular weight is 414 g/mol. The van der Waals surface area contributed by atoms with Crippen molar-refractivity contribution in [2.24, 2.45) is 5.92 Å². The van der Waals surface area contributed by atoms with Gasteiger partial charge >= 0.3 is 5.97 Å². The van der Waals surface area contributed by atoms with Gasteiger partial charge in [0.1, 0.15) is 18.1 Å². The van der Waals surface area contributed by atoms with Crippen molar-refractivity contribution in [3.63, 3.8) is 0 Å². The maximum Gasteiger partial charge on any atom is 0.309 e. The Hall–Kier alpha value is -2.71. The molecule has 0 radical (unpaired) electrons. The lowest BCUT2D eigenvalue weighted by atomic mass is 9.98. The van der Waals surface area contributed by atoms with Gasteiger partial charge in [0.15, 0.2) is 0 Å². The van der Waals surface area contributed by atoms with Crippen LogP contribution in [0.2, 0.25) is 0 Å². The summed E-state index contributed by atoms with van der Waals surface area (Å²) in [5.41, 5.74) is 0.562. The van der Waals surface area contributed by atoms with Gasteiger partial charge in [-0.25, -0.2) is 8.42 Å². The smallest absolute Gasteiger partial charge is 0.309 e. The monoisotopic (exact) mass is 414 g/mol. The number of hydrogen-bond donors (Lipinski definition) is 0. The fourth-order valence-corrected chi connectivity index (χ4v) is 5.06. The minimum absolute atomic E-state index is 0.0613. The van der Waals surface area contributed by atoms with Crippen molar-refractivity contribution in [2.45, 2.75) is 31.3 Å². The van der Waals surface area contributed by atoms with Crippen molar-refractivity contribution in [3.05, 3.63) is 60.0 Å². The highest BCUT2D eigenvalue weighted by atomic mass is 32.2. The molecule has 0 bridgehead atoms. The molecule has 7 nitrogen and oxygen atoms in total. The van der Waals surface area contributed by atoms with Crippen LogP contribution in [0.15, 0.2) is 57.9 Å². The van der Waals surface area contributed by atoms with Gasteiger partial charge in [-0.15, -0.1) is 0 Å². The number of piperidine rings is 1. The standard InChI is InChI=1S/C21H22N2O5S/c1-15-12-19(22-28-15)14-27-21(24)17-8-10-23(11-9-17)29(25,26)20-7-6-16-4-2-3-5-18(16)13-20/h2-7,12-13,17H,8-11,14H2,1H3. The number of hydrogen-bond acceptors (Lipinski definition) is 6. The molecule has 3 aromatic rings. The average Bonchev–Trinajstić information content (AvgIpc) is 3.17. The van der Waals surface area contributed by atoms with Crippen molar-refractivity contribution >= 4 is 26.8 Å². The Morgan fingerprint density at radius 2 is 1.86 bits per heavy atom. The van der Waals surface area contributed by atoms with Crippen LogP contribution < -0.4 is 0 Å². The first kappa shape index (κ1) is 19.6. The summed E-state index contributed by atoms with van der Waals surface area (Å²) in [4.78, 5) is 12.6. The number of carbonyl (C=O) groups is 1. The van der Waals surface area contributed by atoms with Gasteiger partial charge in [-0.3, -0.25) is 4.79 Å². The van der Waals surface area contributed by atoms with Crippen LogP contribution in [-0.2, 0) is 26.2 Å². The first-order valence-electron chi connectivity index (χ1n) is 9.51. The predicted molar refractivity (Wildman–Crippen MR) is 106 cm³/mol. The molecule has 0 atom stereocenters. The molecule has 0 unspecified atom stereocenters. The van der Waals surface area contributed by atoms with Crippen LogP contribution in [0.1, 0.15) is 24.3 Å². The molecule has 2 heterocycles. The number of rotatable bonds is 5. The highest BCUT2D eigenvalue weighted by molar-refractivity contribution is 7.89. The summed E-state index contributed by atoms with van der Waals surface area (Å²) >= 11 is 0. The van der Waals surface area contributed by atoms with E-state index in [1.807, 2.05) is 30.3 Å². The summed E-state index contributed by atoms with van der Waals surface area (Å²) < 4.78 is 37.7. The Labute approximate surface area is 169 Å². The second-order valence-corrected chi connectivity index (χ2v) is 9.16. The summed E-state index contributed by atoms with van der Waals surface area (Å²) in [6.45, 7) is 2.41. The van der Waals surface area contributed by atoms with E-state index in [9.17, 15) is 13.2 Å².